The number of aromatic carboxylic acids is 1. The van der Waals surface area contributed by atoms with Crippen molar-refractivity contribution in [3.8, 4) is 0 Å². The van der Waals surface area contributed by atoms with Crippen molar-refractivity contribution in [2.45, 2.75) is 44.9 Å². The number of carboxylic acid groups (broad SMARTS) is 1. The fourth-order valence-corrected chi connectivity index (χ4v) is 3.07. The predicted molar refractivity (Wildman–Crippen MR) is 85.8 cm³/mol. The van der Waals surface area contributed by atoms with Gasteiger partial charge in [0.25, 0.3) is 0 Å². The summed E-state index contributed by atoms with van der Waals surface area (Å²) in [6.07, 6.45) is 5.47. The zero-order chi connectivity index (χ0) is 14.7. The van der Waals surface area contributed by atoms with Crippen molar-refractivity contribution < 1.29 is 14.7 Å². The number of hydrogen-bond acceptors (Lipinski definition) is 2. The first-order chi connectivity index (χ1) is 9.49. The Morgan fingerprint density at radius 3 is 2.38 bits per heavy atom. The van der Waals surface area contributed by atoms with E-state index in [9.17, 15) is 14.7 Å². The van der Waals surface area contributed by atoms with Crippen molar-refractivity contribution in [3.63, 3.8) is 0 Å². The molecule has 0 bridgehead atoms. The summed E-state index contributed by atoms with van der Waals surface area (Å²) in [4.78, 5) is 22.8. The minimum Gasteiger partial charge on any atom is -0.478 e. The highest BCUT2D eigenvalue weighted by Crippen LogP contribution is 2.39. The zero-order valence-electron chi connectivity index (χ0n) is 11.8. The maximum absolute atomic E-state index is 11.4. The summed E-state index contributed by atoms with van der Waals surface area (Å²) in [6, 6.07) is 3.18. The van der Waals surface area contributed by atoms with Gasteiger partial charge >= 0.3 is 5.97 Å². The molecule has 2 N–H and O–H groups in total. The van der Waals surface area contributed by atoms with Crippen LogP contribution < -0.4 is 5.32 Å². The number of halogens is 2. The van der Waals surface area contributed by atoms with Gasteiger partial charge in [0.05, 0.1) is 11.3 Å². The van der Waals surface area contributed by atoms with Crippen LogP contribution in [0, 0.1) is 0 Å². The summed E-state index contributed by atoms with van der Waals surface area (Å²) in [5.41, 5.74) is 1.32. The Morgan fingerprint density at radius 2 is 1.86 bits per heavy atom. The second-order valence-corrected chi connectivity index (χ2v) is 5.68. The van der Waals surface area contributed by atoms with Crippen molar-refractivity contribution in [2.75, 3.05) is 5.32 Å². The number of carbonyl (C=O) groups excluding carboxylic acids is 1. The average molecular weight is 332 g/mol. The Hall–Kier alpha value is -1.26. The van der Waals surface area contributed by atoms with Gasteiger partial charge in [-0.2, -0.15) is 0 Å². The molecule has 116 valence electrons. The highest BCUT2D eigenvalue weighted by atomic mass is 35.5. The van der Waals surface area contributed by atoms with E-state index in [1.165, 1.54) is 19.4 Å². The summed E-state index contributed by atoms with van der Waals surface area (Å²) in [5.74, 6) is -1.08. The van der Waals surface area contributed by atoms with Crippen LogP contribution in [0.2, 0.25) is 5.02 Å². The molecule has 1 amide bonds. The van der Waals surface area contributed by atoms with Gasteiger partial charge in [-0.3, -0.25) is 4.79 Å². The number of carboxylic acids is 1. The van der Waals surface area contributed by atoms with Gasteiger partial charge in [0.1, 0.15) is 0 Å². The number of hydrogen-bond donors (Lipinski definition) is 2. The summed E-state index contributed by atoms with van der Waals surface area (Å²) in [6.45, 7) is 1.38. The van der Waals surface area contributed by atoms with Gasteiger partial charge in [-0.25, -0.2) is 4.79 Å². The van der Waals surface area contributed by atoms with Gasteiger partial charge in [0, 0.05) is 11.9 Å². The Balaban J connectivity index is 0.00000220. The molecule has 0 spiro atoms. The first kappa shape index (κ1) is 17.8. The van der Waals surface area contributed by atoms with Crippen molar-refractivity contribution >= 4 is 41.6 Å². The van der Waals surface area contributed by atoms with E-state index in [2.05, 4.69) is 5.32 Å². The largest absolute Gasteiger partial charge is 0.478 e. The Bertz CT molecular complexity index is 540. The van der Waals surface area contributed by atoms with E-state index in [-0.39, 0.29) is 29.8 Å². The molecule has 0 unspecified atom stereocenters. The third-order valence-electron chi connectivity index (χ3n) is 3.71. The van der Waals surface area contributed by atoms with Crippen LogP contribution >= 0.6 is 24.0 Å². The number of anilines is 1. The summed E-state index contributed by atoms with van der Waals surface area (Å²) in [5, 5.41) is 12.4. The lowest BCUT2D eigenvalue weighted by Crippen LogP contribution is -2.16. The fraction of sp³-hybridized carbons (Fsp3) is 0.467. The van der Waals surface area contributed by atoms with Crippen LogP contribution in [0.5, 0.6) is 0 Å². The van der Waals surface area contributed by atoms with Gasteiger partial charge in [0.15, 0.2) is 0 Å². The molecule has 6 heteroatoms. The molecule has 1 fully saturated rings. The van der Waals surface area contributed by atoms with Crippen LogP contribution in [0.15, 0.2) is 12.1 Å². The summed E-state index contributed by atoms with van der Waals surface area (Å²) >= 11 is 6.05. The highest BCUT2D eigenvalue weighted by Gasteiger charge is 2.24. The topological polar surface area (TPSA) is 66.4 Å². The summed E-state index contributed by atoms with van der Waals surface area (Å²) < 4.78 is 0. The molecule has 1 aromatic rings. The lowest BCUT2D eigenvalue weighted by molar-refractivity contribution is -0.114. The molecule has 21 heavy (non-hydrogen) atoms. The smallest absolute Gasteiger partial charge is 0.337 e. The molecule has 4 nitrogen and oxygen atoms in total. The number of benzene rings is 1. The zero-order valence-corrected chi connectivity index (χ0v) is 13.4. The minimum absolute atomic E-state index is 0. The summed E-state index contributed by atoms with van der Waals surface area (Å²) in [7, 11) is 0. The maximum Gasteiger partial charge on any atom is 0.337 e. The van der Waals surface area contributed by atoms with E-state index in [4.69, 9.17) is 11.6 Å². The maximum atomic E-state index is 11.4. The van der Waals surface area contributed by atoms with Gasteiger partial charge in [-0.15, -0.1) is 12.4 Å². The van der Waals surface area contributed by atoms with E-state index in [1.807, 2.05) is 0 Å². The second-order valence-electron chi connectivity index (χ2n) is 5.24. The van der Waals surface area contributed by atoms with E-state index in [0.717, 1.165) is 31.2 Å². The first-order valence-corrected chi connectivity index (χ1v) is 7.21. The molecular formula is C15H19Cl2NO3. The SMILES string of the molecule is CC(=O)Nc1c(C(=O)O)cc(Cl)cc1C1CCCCC1.Cl. The molecule has 0 saturated heterocycles. The molecule has 2 rings (SSSR count). The second kappa shape index (κ2) is 7.66. The lowest BCUT2D eigenvalue weighted by Gasteiger charge is -2.25. The van der Waals surface area contributed by atoms with E-state index >= 15 is 0 Å². The molecule has 0 atom stereocenters. The van der Waals surface area contributed by atoms with Crippen LogP contribution in [-0.4, -0.2) is 17.0 Å². The van der Waals surface area contributed by atoms with Crippen molar-refractivity contribution in [1.29, 1.82) is 0 Å². The van der Waals surface area contributed by atoms with Gasteiger partial charge in [-0.05, 0) is 36.5 Å². The fourth-order valence-electron chi connectivity index (χ4n) is 2.85. The van der Waals surface area contributed by atoms with Crippen LogP contribution in [0.4, 0.5) is 5.69 Å². The Kier molecular flexibility index (Phi) is 6.49. The van der Waals surface area contributed by atoms with Crippen LogP contribution in [0.3, 0.4) is 0 Å². The van der Waals surface area contributed by atoms with E-state index < -0.39 is 5.97 Å². The van der Waals surface area contributed by atoms with Crippen LogP contribution in [0.1, 0.15) is 60.9 Å². The lowest BCUT2D eigenvalue weighted by atomic mass is 9.82. The third kappa shape index (κ3) is 4.35. The first-order valence-electron chi connectivity index (χ1n) is 6.83. The monoisotopic (exact) mass is 331 g/mol. The minimum atomic E-state index is -1.08. The van der Waals surface area contributed by atoms with E-state index in [0.29, 0.717) is 10.7 Å². The third-order valence-corrected chi connectivity index (χ3v) is 3.93. The Morgan fingerprint density at radius 1 is 1.24 bits per heavy atom. The molecule has 1 saturated carbocycles. The van der Waals surface area contributed by atoms with Crippen molar-refractivity contribution in [3.05, 3.63) is 28.3 Å². The van der Waals surface area contributed by atoms with Gasteiger partial charge in [0.2, 0.25) is 5.91 Å². The number of nitrogens with one attached hydrogen (secondary N) is 1. The van der Waals surface area contributed by atoms with Crippen molar-refractivity contribution in [2.24, 2.45) is 0 Å². The molecule has 1 aromatic carbocycles. The van der Waals surface area contributed by atoms with E-state index in [1.54, 1.807) is 6.07 Å². The standard InChI is InChI=1S/C15H18ClNO3.ClH/c1-9(18)17-14-12(10-5-3-2-4-6-10)7-11(16)8-13(14)15(19)20;/h7-8,10H,2-6H2,1H3,(H,17,18)(H,19,20);1H. The highest BCUT2D eigenvalue weighted by molar-refractivity contribution is 6.31. The number of carbonyl (C=O) groups is 2. The average Bonchev–Trinajstić information content (AvgIpc) is 2.40. The number of amides is 1. The molecule has 1 aliphatic carbocycles. The molecule has 0 aliphatic heterocycles. The molecular weight excluding hydrogens is 313 g/mol. The van der Waals surface area contributed by atoms with Crippen LogP contribution in [0.25, 0.3) is 0 Å². The quantitative estimate of drug-likeness (QED) is 0.858. The van der Waals surface area contributed by atoms with Gasteiger partial charge in [-0.1, -0.05) is 30.9 Å². The Labute approximate surface area is 135 Å². The number of rotatable bonds is 3. The van der Waals surface area contributed by atoms with Crippen molar-refractivity contribution in [1.82, 2.24) is 0 Å². The predicted octanol–water partition coefficient (Wildman–Crippen LogP) is 4.47. The molecule has 1 aliphatic rings. The molecule has 0 radical (unpaired) electrons. The normalized spacial score (nSPS) is 15.1. The van der Waals surface area contributed by atoms with Gasteiger partial charge < -0.3 is 10.4 Å². The molecule has 0 aromatic heterocycles. The molecule has 0 heterocycles. The van der Waals surface area contributed by atoms with Crippen LogP contribution in [-0.2, 0) is 4.79 Å².